The third-order valence-corrected chi connectivity index (χ3v) is 6.71. The van der Waals surface area contributed by atoms with Gasteiger partial charge in [-0.3, -0.25) is 9.89 Å². The first-order valence-corrected chi connectivity index (χ1v) is 11.2. The fourth-order valence-electron chi connectivity index (χ4n) is 4.47. The van der Waals surface area contributed by atoms with Crippen LogP contribution >= 0.6 is 0 Å². The molecule has 1 aromatic carbocycles. The lowest BCUT2D eigenvalue weighted by atomic mass is 9.88. The zero-order chi connectivity index (χ0) is 22.3. The first-order valence-electron chi connectivity index (χ1n) is 11.2. The lowest BCUT2D eigenvalue weighted by molar-refractivity contribution is -0.00535. The van der Waals surface area contributed by atoms with Gasteiger partial charge in [0.1, 0.15) is 11.5 Å². The predicted octanol–water partition coefficient (Wildman–Crippen LogP) is 1.51. The molecule has 2 heterocycles. The number of hydrogen-bond acceptors (Lipinski definition) is 6. The standard InChI is InChI=1S/C23H39N5O3/c1-24-22(25-18-23(26(2)3)8-14-31-15-9-23)28-12-10-27(11-13-28)17-19-16-20(29-4)6-7-21(19)30-5/h6-7,16H,8-15,17-18H2,1-5H3,(H,24,25). The van der Waals surface area contributed by atoms with E-state index >= 15 is 0 Å². The second kappa shape index (κ2) is 11.0. The molecule has 0 bridgehead atoms. The summed E-state index contributed by atoms with van der Waals surface area (Å²) in [6, 6.07) is 5.99. The largest absolute Gasteiger partial charge is 0.497 e. The van der Waals surface area contributed by atoms with Gasteiger partial charge >= 0.3 is 0 Å². The number of nitrogens with one attached hydrogen (secondary N) is 1. The van der Waals surface area contributed by atoms with Gasteiger partial charge in [-0.25, -0.2) is 0 Å². The summed E-state index contributed by atoms with van der Waals surface area (Å²) in [5.41, 5.74) is 1.28. The van der Waals surface area contributed by atoms with Crippen molar-refractivity contribution in [2.45, 2.75) is 24.9 Å². The molecule has 0 aliphatic carbocycles. The fourth-order valence-corrected chi connectivity index (χ4v) is 4.47. The van der Waals surface area contributed by atoms with Crippen molar-refractivity contribution in [2.24, 2.45) is 4.99 Å². The molecular formula is C23H39N5O3. The summed E-state index contributed by atoms with van der Waals surface area (Å²) in [5.74, 6) is 2.76. The molecule has 0 saturated carbocycles. The van der Waals surface area contributed by atoms with E-state index in [4.69, 9.17) is 14.2 Å². The summed E-state index contributed by atoms with van der Waals surface area (Å²) in [5, 5.41) is 3.65. The van der Waals surface area contributed by atoms with Crippen molar-refractivity contribution in [3.63, 3.8) is 0 Å². The Morgan fingerprint density at radius 3 is 2.42 bits per heavy atom. The summed E-state index contributed by atoms with van der Waals surface area (Å²) in [6.07, 6.45) is 2.08. The molecule has 0 atom stereocenters. The molecule has 174 valence electrons. The average Bonchev–Trinajstić information content (AvgIpc) is 2.81. The normalized spacial score (nSPS) is 20.1. The van der Waals surface area contributed by atoms with Crippen LogP contribution in [0, 0.1) is 0 Å². The summed E-state index contributed by atoms with van der Waals surface area (Å²) >= 11 is 0. The van der Waals surface area contributed by atoms with E-state index in [-0.39, 0.29) is 5.54 Å². The van der Waals surface area contributed by atoms with Crippen molar-refractivity contribution in [3.8, 4) is 11.5 Å². The van der Waals surface area contributed by atoms with Gasteiger partial charge in [-0.05, 0) is 45.1 Å². The number of methoxy groups -OCH3 is 2. The van der Waals surface area contributed by atoms with Crippen molar-refractivity contribution < 1.29 is 14.2 Å². The van der Waals surface area contributed by atoms with Crippen LogP contribution in [-0.4, -0.2) is 107 Å². The van der Waals surface area contributed by atoms with Gasteiger partial charge < -0.3 is 29.3 Å². The van der Waals surface area contributed by atoms with Crippen LogP contribution < -0.4 is 14.8 Å². The lowest BCUT2D eigenvalue weighted by Crippen LogP contribution is -2.59. The Morgan fingerprint density at radius 1 is 1.13 bits per heavy atom. The second-order valence-electron chi connectivity index (χ2n) is 8.57. The van der Waals surface area contributed by atoms with Gasteiger partial charge in [0, 0.05) is 70.6 Å². The Morgan fingerprint density at radius 2 is 1.84 bits per heavy atom. The van der Waals surface area contributed by atoms with E-state index in [0.29, 0.717) is 0 Å². The van der Waals surface area contributed by atoms with Gasteiger partial charge in [0.05, 0.1) is 14.2 Å². The quantitative estimate of drug-likeness (QED) is 0.517. The minimum absolute atomic E-state index is 0.124. The van der Waals surface area contributed by atoms with Crippen molar-refractivity contribution in [1.29, 1.82) is 0 Å². The molecule has 0 aromatic heterocycles. The van der Waals surface area contributed by atoms with Crippen molar-refractivity contribution in [1.82, 2.24) is 20.0 Å². The molecule has 1 aromatic rings. The maximum atomic E-state index is 5.60. The number of hydrogen-bond donors (Lipinski definition) is 1. The highest BCUT2D eigenvalue weighted by molar-refractivity contribution is 5.80. The van der Waals surface area contributed by atoms with Crippen molar-refractivity contribution in [2.75, 3.05) is 81.3 Å². The minimum Gasteiger partial charge on any atom is -0.497 e. The van der Waals surface area contributed by atoms with Crippen LogP contribution in [0.25, 0.3) is 0 Å². The van der Waals surface area contributed by atoms with Crippen molar-refractivity contribution >= 4 is 5.96 Å². The monoisotopic (exact) mass is 433 g/mol. The number of nitrogens with zero attached hydrogens (tertiary/aromatic N) is 4. The van der Waals surface area contributed by atoms with Gasteiger partial charge in [-0.2, -0.15) is 0 Å². The molecule has 8 nitrogen and oxygen atoms in total. The van der Waals surface area contributed by atoms with Gasteiger partial charge in [-0.1, -0.05) is 0 Å². The number of aliphatic imine (C=N–C) groups is 1. The van der Waals surface area contributed by atoms with E-state index < -0.39 is 0 Å². The number of rotatable bonds is 7. The van der Waals surface area contributed by atoms with E-state index in [1.165, 1.54) is 0 Å². The average molecular weight is 434 g/mol. The van der Waals surface area contributed by atoms with Crippen LogP contribution in [0.5, 0.6) is 11.5 Å². The third-order valence-electron chi connectivity index (χ3n) is 6.71. The van der Waals surface area contributed by atoms with Gasteiger partial charge in [0.25, 0.3) is 0 Å². The number of piperazine rings is 1. The molecule has 31 heavy (non-hydrogen) atoms. The van der Waals surface area contributed by atoms with Crippen LogP contribution in [0.3, 0.4) is 0 Å². The predicted molar refractivity (Wildman–Crippen MR) is 124 cm³/mol. The highest BCUT2D eigenvalue weighted by Crippen LogP contribution is 2.26. The van der Waals surface area contributed by atoms with Crippen LogP contribution in [0.2, 0.25) is 0 Å². The maximum absolute atomic E-state index is 5.60. The molecular weight excluding hydrogens is 394 g/mol. The molecule has 2 aliphatic rings. The maximum Gasteiger partial charge on any atom is 0.193 e. The van der Waals surface area contributed by atoms with Crippen LogP contribution in [-0.2, 0) is 11.3 Å². The number of guanidine groups is 1. The fraction of sp³-hybridized carbons (Fsp3) is 0.696. The van der Waals surface area contributed by atoms with E-state index in [1.54, 1.807) is 14.2 Å². The van der Waals surface area contributed by atoms with Gasteiger partial charge in [0.2, 0.25) is 0 Å². The minimum atomic E-state index is 0.124. The SMILES string of the molecule is CN=C(NCC1(N(C)C)CCOCC1)N1CCN(Cc2cc(OC)ccc2OC)CC1. The highest BCUT2D eigenvalue weighted by Gasteiger charge is 2.35. The molecule has 8 heteroatoms. The van der Waals surface area contributed by atoms with Crippen LogP contribution in [0.1, 0.15) is 18.4 Å². The molecule has 1 N–H and O–H groups in total. The third kappa shape index (κ3) is 5.81. The first kappa shape index (κ1) is 23.6. The van der Waals surface area contributed by atoms with Gasteiger partial charge in [0.15, 0.2) is 5.96 Å². The van der Waals surface area contributed by atoms with E-state index in [9.17, 15) is 0 Å². The Bertz CT molecular complexity index is 726. The Balaban J connectivity index is 1.54. The van der Waals surface area contributed by atoms with Crippen LogP contribution in [0.4, 0.5) is 0 Å². The number of ether oxygens (including phenoxy) is 3. The molecule has 0 radical (unpaired) electrons. The van der Waals surface area contributed by atoms with E-state index in [1.807, 2.05) is 19.2 Å². The summed E-state index contributed by atoms with van der Waals surface area (Å²) in [6.45, 7) is 7.24. The Hall–Kier alpha value is -2.03. The van der Waals surface area contributed by atoms with E-state index in [0.717, 1.165) is 88.3 Å². The molecule has 2 saturated heterocycles. The molecule has 0 amide bonds. The summed E-state index contributed by atoms with van der Waals surface area (Å²) in [7, 11) is 9.63. The molecule has 0 spiro atoms. The molecule has 2 fully saturated rings. The summed E-state index contributed by atoms with van der Waals surface area (Å²) in [4.78, 5) is 11.7. The zero-order valence-corrected chi connectivity index (χ0v) is 19.8. The summed E-state index contributed by atoms with van der Waals surface area (Å²) < 4.78 is 16.5. The zero-order valence-electron chi connectivity index (χ0n) is 19.8. The van der Waals surface area contributed by atoms with Crippen molar-refractivity contribution in [3.05, 3.63) is 23.8 Å². The number of likely N-dealkylation sites (N-methyl/N-ethyl adjacent to an activating group) is 1. The lowest BCUT2D eigenvalue weighted by Gasteiger charge is -2.44. The Kier molecular flexibility index (Phi) is 8.40. The molecule has 3 rings (SSSR count). The highest BCUT2D eigenvalue weighted by atomic mass is 16.5. The van der Waals surface area contributed by atoms with Crippen LogP contribution in [0.15, 0.2) is 23.2 Å². The Labute approximate surface area is 187 Å². The van der Waals surface area contributed by atoms with E-state index in [2.05, 4.69) is 45.2 Å². The smallest absolute Gasteiger partial charge is 0.193 e. The first-order chi connectivity index (χ1) is 15.0. The second-order valence-corrected chi connectivity index (χ2v) is 8.57. The topological polar surface area (TPSA) is 61.8 Å². The molecule has 0 unspecified atom stereocenters. The number of benzene rings is 1. The van der Waals surface area contributed by atoms with Gasteiger partial charge in [-0.15, -0.1) is 0 Å². The molecule has 2 aliphatic heterocycles.